The number of carbonyl (C=O) groups excluding carboxylic acids is 2. The van der Waals surface area contributed by atoms with Gasteiger partial charge in [-0.25, -0.2) is 4.39 Å². The highest BCUT2D eigenvalue weighted by Crippen LogP contribution is 2.36. The van der Waals surface area contributed by atoms with Crippen molar-refractivity contribution in [3.05, 3.63) is 94.8 Å². The smallest absolute Gasteiger partial charge is 0.253 e. The van der Waals surface area contributed by atoms with Crippen LogP contribution in [0.2, 0.25) is 5.02 Å². The molecule has 1 aliphatic heterocycles. The summed E-state index contributed by atoms with van der Waals surface area (Å²) < 4.78 is 24.9. The van der Waals surface area contributed by atoms with Gasteiger partial charge in [0.1, 0.15) is 18.2 Å². The van der Waals surface area contributed by atoms with Crippen molar-refractivity contribution < 1.29 is 23.5 Å². The maximum atomic E-state index is 14.1. The Morgan fingerprint density at radius 3 is 2.61 bits per heavy atom. The Morgan fingerprint density at radius 1 is 1.15 bits per heavy atom. The van der Waals surface area contributed by atoms with Crippen LogP contribution in [0, 0.1) is 5.82 Å². The van der Waals surface area contributed by atoms with Gasteiger partial charge >= 0.3 is 0 Å². The minimum Gasteiger partial charge on any atom is -0.497 e. The minimum absolute atomic E-state index is 0.254. The van der Waals surface area contributed by atoms with E-state index in [0.29, 0.717) is 22.0 Å². The molecule has 0 bridgehead atoms. The van der Waals surface area contributed by atoms with E-state index in [9.17, 15) is 14.0 Å². The van der Waals surface area contributed by atoms with Crippen molar-refractivity contribution in [3.63, 3.8) is 0 Å². The molecule has 4 rings (SSSR count). The molecule has 3 aromatic rings. The van der Waals surface area contributed by atoms with Crippen LogP contribution in [0.1, 0.15) is 17.2 Å². The first-order chi connectivity index (χ1) is 16.0. The van der Waals surface area contributed by atoms with E-state index in [1.165, 1.54) is 23.1 Å². The average molecular weight is 469 g/mol. The Bertz CT molecular complexity index is 1160. The molecule has 1 N–H and O–H groups in total. The number of amides is 2. The Morgan fingerprint density at radius 2 is 1.91 bits per heavy atom. The second-order valence-electron chi connectivity index (χ2n) is 7.54. The number of carbonyl (C=O) groups is 2. The van der Waals surface area contributed by atoms with E-state index in [4.69, 9.17) is 21.1 Å². The van der Waals surface area contributed by atoms with E-state index < -0.39 is 23.9 Å². The molecule has 1 saturated heterocycles. The molecule has 1 aliphatic rings. The number of anilines is 1. The topological polar surface area (TPSA) is 67.9 Å². The third-order valence-corrected chi connectivity index (χ3v) is 5.62. The molecule has 3 aromatic carbocycles. The summed E-state index contributed by atoms with van der Waals surface area (Å²) in [5.41, 5.74) is 1.80. The van der Waals surface area contributed by atoms with Gasteiger partial charge in [0.05, 0.1) is 13.2 Å². The van der Waals surface area contributed by atoms with Gasteiger partial charge in [-0.05, 0) is 53.6 Å². The van der Waals surface area contributed by atoms with E-state index in [-0.39, 0.29) is 19.1 Å². The molecule has 170 valence electrons. The lowest BCUT2D eigenvalue weighted by atomic mass is 9.96. The van der Waals surface area contributed by atoms with Crippen LogP contribution in [-0.2, 0) is 20.9 Å². The van der Waals surface area contributed by atoms with Crippen molar-refractivity contribution in [1.29, 1.82) is 0 Å². The number of hydrogen-bond donors (Lipinski definition) is 1. The van der Waals surface area contributed by atoms with Crippen LogP contribution in [0.5, 0.6) is 5.75 Å². The Labute approximate surface area is 195 Å². The first-order valence-corrected chi connectivity index (χ1v) is 10.7. The molecule has 0 saturated carbocycles. The van der Waals surface area contributed by atoms with Crippen molar-refractivity contribution in [2.75, 3.05) is 18.6 Å². The normalized spacial score (nSPS) is 18.2. The van der Waals surface area contributed by atoms with Crippen molar-refractivity contribution in [2.24, 2.45) is 0 Å². The molecule has 8 heteroatoms. The molecule has 0 radical (unpaired) electrons. The van der Waals surface area contributed by atoms with Crippen molar-refractivity contribution in [1.82, 2.24) is 5.32 Å². The van der Waals surface area contributed by atoms with E-state index in [0.717, 1.165) is 5.56 Å². The molecule has 2 atom stereocenters. The maximum absolute atomic E-state index is 14.1. The number of nitrogens with one attached hydrogen (secondary N) is 1. The lowest BCUT2D eigenvalue weighted by Gasteiger charge is -2.40. The summed E-state index contributed by atoms with van der Waals surface area (Å²) in [6.45, 7) is -0.0391. The predicted molar refractivity (Wildman–Crippen MR) is 123 cm³/mol. The van der Waals surface area contributed by atoms with Crippen molar-refractivity contribution >= 4 is 29.1 Å². The first kappa shape index (κ1) is 22.8. The highest BCUT2D eigenvalue weighted by molar-refractivity contribution is 6.31. The van der Waals surface area contributed by atoms with Crippen LogP contribution >= 0.6 is 11.6 Å². The van der Waals surface area contributed by atoms with Crippen molar-refractivity contribution in [3.8, 4) is 5.75 Å². The van der Waals surface area contributed by atoms with Gasteiger partial charge in [-0.3, -0.25) is 14.5 Å². The van der Waals surface area contributed by atoms with Crippen LogP contribution in [-0.4, -0.2) is 31.6 Å². The van der Waals surface area contributed by atoms with Gasteiger partial charge in [-0.2, -0.15) is 0 Å². The molecular weight excluding hydrogens is 447 g/mol. The summed E-state index contributed by atoms with van der Waals surface area (Å²) in [7, 11) is 1.58. The number of halogens is 2. The van der Waals surface area contributed by atoms with Crippen LogP contribution in [0.25, 0.3) is 0 Å². The van der Waals surface area contributed by atoms with Gasteiger partial charge in [0.15, 0.2) is 6.10 Å². The average Bonchev–Trinajstić information content (AvgIpc) is 2.82. The number of morpholine rings is 1. The number of ether oxygens (including phenoxy) is 2. The molecule has 1 fully saturated rings. The highest BCUT2D eigenvalue weighted by atomic mass is 35.5. The predicted octanol–water partition coefficient (Wildman–Crippen LogP) is 4.28. The quantitative estimate of drug-likeness (QED) is 0.586. The number of hydrogen-bond acceptors (Lipinski definition) is 4. The second-order valence-corrected chi connectivity index (χ2v) is 7.98. The number of benzene rings is 3. The molecule has 0 unspecified atom stereocenters. The molecular formula is C25H22ClFN2O4. The summed E-state index contributed by atoms with van der Waals surface area (Å²) in [6.07, 6.45) is -1.05. The summed E-state index contributed by atoms with van der Waals surface area (Å²) in [5.74, 6) is -0.540. The molecule has 33 heavy (non-hydrogen) atoms. The lowest BCUT2D eigenvalue weighted by molar-refractivity contribution is -0.144. The van der Waals surface area contributed by atoms with Gasteiger partial charge in [-0.1, -0.05) is 41.9 Å². The van der Waals surface area contributed by atoms with Gasteiger partial charge in [0.25, 0.3) is 11.8 Å². The summed E-state index contributed by atoms with van der Waals surface area (Å²) >= 11 is 6.15. The highest BCUT2D eigenvalue weighted by Gasteiger charge is 2.42. The van der Waals surface area contributed by atoms with Crippen molar-refractivity contribution in [2.45, 2.75) is 18.7 Å². The lowest BCUT2D eigenvalue weighted by Crippen LogP contribution is -2.54. The third kappa shape index (κ3) is 5.16. The third-order valence-electron chi connectivity index (χ3n) is 5.38. The molecule has 0 aromatic heterocycles. The zero-order valence-electron chi connectivity index (χ0n) is 17.8. The molecule has 1 heterocycles. The van der Waals surface area contributed by atoms with Crippen LogP contribution in [0.15, 0.2) is 72.8 Å². The summed E-state index contributed by atoms with van der Waals surface area (Å²) in [4.78, 5) is 27.5. The van der Waals surface area contributed by atoms with Crippen LogP contribution < -0.4 is 15.0 Å². The SMILES string of the molecule is COc1ccc(CNC(=O)[C@H]2OCC(=O)N(c3cccc(Cl)c3)[C@@H]2c2cccc(F)c2)cc1. The van der Waals surface area contributed by atoms with Gasteiger partial charge in [-0.15, -0.1) is 0 Å². The van der Waals surface area contributed by atoms with Crippen LogP contribution in [0.3, 0.4) is 0 Å². The fourth-order valence-electron chi connectivity index (χ4n) is 3.81. The molecule has 6 nitrogen and oxygen atoms in total. The number of methoxy groups -OCH3 is 1. The van der Waals surface area contributed by atoms with Gasteiger partial charge in [0, 0.05) is 17.3 Å². The minimum atomic E-state index is -1.05. The largest absolute Gasteiger partial charge is 0.497 e. The first-order valence-electron chi connectivity index (χ1n) is 10.3. The Kier molecular flexibility index (Phi) is 6.91. The van der Waals surface area contributed by atoms with E-state index in [1.54, 1.807) is 49.6 Å². The summed E-state index contributed by atoms with van der Waals surface area (Å²) in [5, 5.41) is 3.29. The van der Waals surface area contributed by atoms with Gasteiger partial charge in [0.2, 0.25) is 0 Å². The zero-order chi connectivity index (χ0) is 23.4. The number of rotatable bonds is 6. The second kappa shape index (κ2) is 10.0. The standard InChI is InChI=1S/C25H22ClFN2O4/c1-32-21-10-8-16(9-11-21)14-28-25(31)24-23(17-4-2-6-19(27)12-17)29(22(30)15-33-24)20-7-3-5-18(26)13-20/h2-13,23-24H,14-15H2,1H3,(H,28,31)/t23-,24+/m1/s1. The van der Waals surface area contributed by atoms with E-state index >= 15 is 0 Å². The number of nitrogens with zero attached hydrogens (tertiary/aromatic N) is 1. The van der Waals surface area contributed by atoms with Gasteiger partial charge < -0.3 is 14.8 Å². The molecule has 0 spiro atoms. The zero-order valence-corrected chi connectivity index (χ0v) is 18.6. The molecule has 2 amide bonds. The fraction of sp³-hybridized carbons (Fsp3) is 0.200. The Balaban J connectivity index is 1.64. The molecule has 0 aliphatic carbocycles. The Hall–Kier alpha value is -3.42. The van der Waals surface area contributed by atoms with E-state index in [1.807, 2.05) is 12.1 Å². The fourth-order valence-corrected chi connectivity index (χ4v) is 3.99. The maximum Gasteiger partial charge on any atom is 0.253 e. The monoisotopic (exact) mass is 468 g/mol. The van der Waals surface area contributed by atoms with E-state index in [2.05, 4.69) is 5.32 Å². The summed E-state index contributed by atoms with van der Waals surface area (Å²) in [6, 6.07) is 18.9. The van der Waals surface area contributed by atoms with Crippen LogP contribution in [0.4, 0.5) is 10.1 Å².